The summed E-state index contributed by atoms with van der Waals surface area (Å²) in [5, 5.41) is 11.1. The molecule has 0 radical (unpaired) electrons. The van der Waals surface area contributed by atoms with Crippen LogP contribution in [0.15, 0.2) is 44.6 Å². The zero-order valence-electron chi connectivity index (χ0n) is 15.3. The predicted octanol–water partition coefficient (Wildman–Crippen LogP) is 4.24. The van der Waals surface area contributed by atoms with Crippen molar-refractivity contribution in [1.82, 2.24) is 15.5 Å². The van der Waals surface area contributed by atoms with E-state index in [9.17, 15) is 0 Å². The molecule has 0 saturated carbocycles. The number of hydrogen-bond donors (Lipinski definition) is 2. The van der Waals surface area contributed by atoms with Crippen LogP contribution in [-0.2, 0) is 6.54 Å². The minimum atomic E-state index is 0. The second-order valence-corrected chi connectivity index (χ2v) is 7.12. The molecule has 2 N–H and O–H groups in total. The molecule has 3 rings (SSSR count). The van der Waals surface area contributed by atoms with Crippen molar-refractivity contribution in [2.75, 3.05) is 26.2 Å². The van der Waals surface area contributed by atoms with Crippen molar-refractivity contribution >= 4 is 41.3 Å². The van der Waals surface area contributed by atoms with Crippen LogP contribution in [0, 0.1) is 0 Å². The molecule has 0 aliphatic carbocycles. The number of furan rings is 1. The van der Waals surface area contributed by atoms with Gasteiger partial charge in [0.05, 0.1) is 18.8 Å². The highest BCUT2D eigenvalue weighted by molar-refractivity contribution is 14.0. The summed E-state index contributed by atoms with van der Waals surface area (Å²) in [7, 11) is 0. The maximum Gasteiger partial charge on any atom is 0.191 e. The van der Waals surface area contributed by atoms with Gasteiger partial charge in [0.2, 0.25) is 0 Å². The Morgan fingerprint density at radius 1 is 1.27 bits per heavy atom. The quantitative estimate of drug-likeness (QED) is 0.348. The highest BCUT2D eigenvalue weighted by Gasteiger charge is 2.24. The molecular formula is C19H29IN4OS. The molecule has 1 unspecified atom stereocenters. The summed E-state index contributed by atoms with van der Waals surface area (Å²) in [4.78, 5) is 7.23. The van der Waals surface area contributed by atoms with Gasteiger partial charge >= 0.3 is 0 Å². The topological polar surface area (TPSA) is 52.8 Å². The molecule has 0 aromatic carbocycles. The first kappa shape index (κ1) is 21.2. The van der Waals surface area contributed by atoms with Gasteiger partial charge in [-0.1, -0.05) is 6.42 Å². The Morgan fingerprint density at radius 3 is 2.77 bits per heavy atom. The first-order valence-corrected chi connectivity index (χ1v) is 10.1. The normalized spacial score (nSPS) is 16.7. The van der Waals surface area contributed by atoms with Crippen molar-refractivity contribution in [3.8, 4) is 0 Å². The number of thiophene rings is 1. The molecule has 1 saturated heterocycles. The summed E-state index contributed by atoms with van der Waals surface area (Å²) in [6.07, 6.45) is 5.63. The lowest BCUT2D eigenvalue weighted by Crippen LogP contribution is -2.44. The third-order valence-corrected chi connectivity index (χ3v) is 5.24. The van der Waals surface area contributed by atoms with Gasteiger partial charge in [-0.3, -0.25) is 4.90 Å². The van der Waals surface area contributed by atoms with Crippen molar-refractivity contribution in [2.45, 2.75) is 38.8 Å². The molecule has 1 fully saturated rings. The van der Waals surface area contributed by atoms with Crippen LogP contribution >= 0.6 is 35.3 Å². The lowest BCUT2D eigenvalue weighted by atomic mass is 10.1. The van der Waals surface area contributed by atoms with Crippen LogP contribution in [0.3, 0.4) is 0 Å². The fourth-order valence-electron chi connectivity index (χ4n) is 3.21. The van der Waals surface area contributed by atoms with E-state index in [0.717, 1.165) is 37.9 Å². The number of piperidine rings is 1. The molecule has 144 valence electrons. The van der Waals surface area contributed by atoms with Gasteiger partial charge in [-0.05, 0) is 67.4 Å². The fraction of sp³-hybridized carbons (Fsp3) is 0.526. The Hall–Kier alpha value is -1.06. The maximum absolute atomic E-state index is 5.72. The van der Waals surface area contributed by atoms with E-state index in [2.05, 4.69) is 45.4 Å². The molecule has 2 aromatic rings. The number of nitrogens with zero attached hydrogens (tertiary/aromatic N) is 2. The van der Waals surface area contributed by atoms with Crippen LogP contribution in [0.4, 0.5) is 0 Å². The molecular weight excluding hydrogens is 459 g/mol. The number of nitrogens with one attached hydrogen (secondary N) is 2. The molecule has 5 nitrogen and oxygen atoms in total. The van der Waals surface area contributed by atoms with Gasteiger partial charge in [0.1, 0.15) is 5.76 Å². The van der Waals surface area contributed by atoms with Crippen molar-refractivity contribution < 1.29 is 4.42 Å². The van der Waals surface area contributed by atoms with Crippen LogP contribution in [0.5, 0.6) is 0 Å². The molecule has 1 aliphatic rings. The van der Waals surface area contributed by atoms with Gasteiger partial charge in [0, 0.05) is 13.1 Å². The number of hydrogen-bond acceptors (Lipinski definition) is 4. The standard InChI is InChI=1S/C19H28N4OS.HI/c1-2-20-19(21-13-16-8-12-25-15-16)22-14-17(18-7-6-11-24-18)23-9-4-3-5-10-23;/h6-8,11-12,15,17H,2-5,9-10,13-14H2,1H3,(H2,20,21,22);1H. The van der Waals surface area contributed by atoms with E-state index in [1.165, 1.54) is 24.8 Å². The third-order valence-electron chi connectivity index (χ3n) is 4.51. The zero-order valence-corrected chi connectivity index (χ0v) is 18.5. The van der Waals surface area contributed by atoms with Gasteiger partial charge < -0.3 is 15.1 Å². The molecule has 0 bridgehead atoms. The summed E-state index contributed by atoms with van der Waals surface area (Å²) in [5.41, 5.74) is 1.25. The molecule has 0 spiro atoms. The van der Waals surface area contributed by atoms with Gasteiger partial charge in [-0.2, -0.15) is 11.3 Å². The number of rotatable bonds is 7. The first-order chi connectivity index (χ1) is 12.4. The van der Waals surface area contributed by atoms with E-state index >= 15 is 0 Å². The number of halogens is 1. The molecule has 7 heteroatoms. The summed E-state index contributed by atoms with van der Waals surface area (Å²) < 4.78 is 5.72. The summed E-state index contributed by atoms with van der Waals surface area (Å²) >= 11 is 1.71. The van der Waals surface area contributed by atoms with E-state index in [4.69, 9.17) is 9.41 Å². The Bertz CT molecular complexity index is 624. The average Bonchev–Trinajstić information content (AvgIpc) is 3.35. The molecule has 0 amide bonds. The summed E-state index contributed by atoms with van der Waals surface area (Å²) in [5.74, 6) is 1.89. The Kier molecular flexibility index (Phi) is 9.49. The predicted molar refractivity (Wildman–Crippen MR) is 119 cm³/mol. The van der Waals surface area contributed by atoms with Gasteiger partial charge in [0.25, 0.3) is 0 Å². The Labute approximate surface area is 177 Å². The van der Waals surface area contributed by atoms with Crippen LogP contribution in [0.2, 0.25) is 0 Å². The van der Waals surface area contributed by atoms with Crippen molar-refractivity contribution in [3.05, 3.63) is 46.5 Å². The number of likely N-dealkylation sites (tertiary alicyclic amines) is 1. The van der Waals surface area contributed by atoms with Crippen molar-refractivity contribution in [1.29, 1.82) is 0 Å². The van der Waals surface area contributed by atoms with Gasteiger partial charge in [0.15, 0.2) is 5.96 Å². The van der Waals surface area contributed by atoms with E-state index in [1.807, 2.05) is 6.07 Å². The minimum Gasteiger partial charge on any atom is -0.468 e. The first-order valence-electron chi connectivity index (χ1n) is 9.17. The second kappa shape index (κ2) is 11.6. The van der Waals surface area contributed by atoms with E-state index in [0.29, 0.717) is 6.54 Å². The van der Waals surface area contributed by atoms with E-state index in [1.54, 1.807) is 17.6 Å². The molecule has 1 atom stereocenters. The van der Waals surface area contributed by atoms with E-state index < -0.39 is 0 Å². The number of guanidine groups is 1. The van der Waals surface area contributed by atoms with Crippen LogP contribution in [0.1, 0.15) is 43.6 Å². The molecule has 2 aromatic heterocycles. The Balaban J connectivity index is 0.00000243. The van der Waals surface area contributed by atoms with Crippen molar-refractivity contribution in [2.24, 2.45) is 4.99 Å². The van der Waals surface area contributed by atoms with Crippen LogP contribution < -0.4 is 10.6 Å². The highest BCUT2D eigenvalue weighted by Crippen LogP contribution is 2.24. The monoisotopic (exact) mass is 488 g/mol. The smallest absolute Gasteiger partial charge is 0.191 e. The van der Waals surface area contributed by atoms with Crippen LogP contribution in [0.25, 0.3) is 0 Å². The lowest BCUT2D eigenvalue weighted by Gasteiger charge is -2.33. The largest absolute Gasteiger partial charge is 0.468 e. The summed E-state index contributed by atoms with van der Waals surface area (Å²) in [6.45, 7) is 6.71. The molecule has 1 aliphatic heterocycles. The third kappa shape index (κ3) is 6.28. The van der Waals surface area contributed by atoms with Crippen molar-refractivity contribution in [3.63, 3.8) is 0 Å². The highest BCUT2D eigenvalue weighted by atomic mass is 127. The Morgan fingerprint density at radius 2 is 2.12 bits per heavy atom. The minimum absolute atomic E-state index is 0. The number of aliphatic imine (C=N–C) groups is 1. The van der Waals surface area contributed by atoms with Crippen LogP contribution in [-0.4, -0.2) is 37.0 Å². The molecule has 3 heterocycles. The maximum atomic E-state index is 5.72. The lowest BCUT2D eigenvalue weighted by molar-refractivity contribution is 0.146. The SMILES string of the molecule is CCNC(=NCc1ccsc1)NCC(c1ccco1)N1CCCCC1.I. The fourth-order valence-corrected chi connectivity index (χ4v) is 3.87. The molecule has 26 heavy (non-hydrogen) atoms. The average molecular weight is 488 g/mol. The van der Waals surface area contributed by atoms with Gasteiger partial charge in [-0.25, -0.2) is 4.99 Å². The summed E-state index contributed by atoms with van der Waals surface area (Å²) in [6, 6.07) is 6.43. The zero-order chi connectivity index (χ0) is 17.3. The van der Waals surface area contributed by atoms with Gasteiger partial charge in [-0.15, -0.1) is 24.0 Å². The van der Waals surface area contributed by atoms with E-state index in [-0.39, 0.29) is 30.0 Å². The second-order valence-electron chi connectivity index (χ2n) is 6.34.